The van der Waals surface area contributed by atoms with Crippen molar-refractivity contribution in [1.29, 1.82) is 0 Å². The molecule has 0 spiro atoms. The molecule has 26 heavy (non-hydrogen) atoms. The summed E-state index contributed by atoms with van der Waals surface area (Å²) < 4.78 is 20.3. The van der Waals surface area contributed by atoms with Gasteiger partial charge in [-0.05, 0) is 35.9 Å². The lowest BCUT2D eigenvalue weighted by molar-refractivity contribution is 0.0977. The average molecular weight is 435 g/mol. The molecule has 1 N–H and O–H groups in total. The fraction of sp³-hybridized carbons (Fsp3) is 0.263. The molecule has 2 aromatic rings. The highest BCUT2D eigenvalue weighted by Crippen LogP contribution is 2.45. The average Bonchev–Trinajstić information content (AvgIpc) is 3.06. The highest BCUT2D eigenvalue weighted by atomic mass is 79.9. The van der Waals surface area contributed by atoms with Crippen molar-refractivity contribution in [3.05, 3.63) is 69.9 Å². The molecular formula is C19H16BrFN2O2S. The van der Waals surface area contributed by atoms with Crippen LogP contribution in [-0.2, 0) is 10.3 Å². The summed E-state index contributed by atoms with van der Waals surface area (Å²) >= 11 is 4.85. The summed E-state index contributed by atoms with van der Waals surface area (Å²) in [5, 5.41) is 3.43. The van der Waals surface area contributed by atoms with Crippen molar-refractivity contribution in [1.82, 2.24) is 5.32 Å². The molecule has 1 saturated heterocycles. The normalized spacial score (nSPS) is 24.7. The molecule has 1 amide bonds. The van der Waals surface area contributed by atoms with Gasteiger partial charge in [-0.2, -0.15) is 0 Å². The molecule has 0 saturated carbocycles. The fourth-order valence-corrected chi connectivity index (χ4v) is 4.91. The second kappa shape index (κ2) is 7.13. The van der Waals surface area contributed by atoms with E-state index in [2.05, 4.69) is 21.2 Å². The lowest BCUT2D eigenvalue weighted by Crippen LogP contribution is -2.42. The Hall–Kier alpha value is -1.70. The second-order valence-electron chi connectivity index (χ2n) is 6.34. The van der Waals surface area contributed by atoms with Gasteiger partial charge in [0.15, 0.2) is 5.17 Å². The minimum absolute atomic E-state index is 0.138. The summed E-state index contributed by atoms with van der Waals surface area (Å²) in [5.41, 5.74) is 0.664. The number of thioether (sulfide) groups is 1. The molecule has 2 aliphatic heterocycles. The molecule has 0 aromatic heterocycles. The number of fused-ring (bicyclic) bond motifs is 1. The first-order chi connectivity index (χ1) is 12.6. The predicted molar refractivity (Wildman–Crippen MR) is 104 cm³/mol. The molecule has 2 atom stereocenters. The quantitative estimate of drug-likeness (QED) is 0.777. The number of nitrogens with zero attached hydrogens (tertiary/aromatic N) is 1. The van der Waals surface area contributed by atoms with Crippen molar-refractivity contribution in [2.24, 2.45) is 10.9 Å². The van der Waals surface area contributed by atoms with E-state index >= 15 is 0 Å². The van der Waals surface area contributed by atoms with Crippen LogP contribution in [0.4, 0.5) is 4.39 Å². The zero-order valence-electron chi connectivity index (χ0n) is 13.7. The van der Waals surface area contributed by atoms with Gasteiger partial charge in [0.05, 0.1) is 13.2 Å². The molecule has 134 valence electrons. The Morgan fingerprint density at radius 3 is 2.88 bits per heavy atom. The molecule has 0 bridgehead atoms. The molecular weight excluding hydrogens is 419 g/mol. The van der Waals surface area contributed by atoms with Gasteiger partial charge in [0.25, 0.3) is 5.91 Å². The van der Waals surface area contributed by atoms with Gasteiger partial charge < -0.3 is 10.1 Å². The minimum Gasteiger partial charge on any atom is -0.378 e. The van der Waals surface area contributed by atoms with E-state index in [1.807, 2.05) is 24.3 Å². The van der Waals surface area contributed by atoms with Gasteiger partial charge in [0.2, 0.25) is 0 Å². The van der Waals surface area contributed by atoms with Crippen molar-refractivity contribution in [2.45, 2.75) is 5.54 Å². The van der Waals surface area contributed by atoms with Crippen molar-refractivity contribution >= 4 is 38.8 Å². The van der Waals surface area contributed by atoms with Crippen LogP contribution in [-0.4, -0.2) is 30.0 Å². The van der Waals surface area contributed by atoms with Crippen molar-refractivity contribution in [2.75, 3.05) is 19.0 Å². The lowest BCUT2D eigenvalue weighted by Gasteiger charge is -2.34. The Labute approximate surface area is 163 Å². The predicted octanol–water partition coefficient (Wildman–Crippen LogP) is 3.96. The number of aliphatic imine (C=N–C) groups is 1. The molecule has 0 radical (unpaired) electrons. The van der Waals surface area contributed by atoms with E-state index in [-0.39, 0.29) is 17.6 Å². The van der Waals surface area contributed by atoms with Gasteiger partial charge in [-0.25, -0.2) is 9.38 Å². The highest BCUT2D eigenvalue weighted by molar-refractivity contribution is 9.10. The van der Waals surface area contributed by atoms with Gasteiger partial charge in [-0.15, -0.1) is 0 Å². The Kier molecular flexibility index (Phi) is 4.86. The van der Waals surface area contributed by atoms with Crippen LogP contribution < -0.4 is 5.32 Å². The zero-order valence-corrected chi connectivity index (χ0v) is 16.1. The topological polar surface area (TPSA) is 50.7 Å². The van der Waals surface area contributed by atoms with E-state index < -0.39 is 5.54 Å². The maximum atomic E-state index is 14.0. The lowest BCUT2D eigenvalue weighted by atomic mass is 9.82. The summed E-state index contributed by atoms with van der Waals surface area (Å²) in [6.45, 7) is 0.948. The van der Waals surface area contributed by atoms with E-state index in [1.165, 1.54) is 23.9 Å². The van der Waals surface area contributed by atoms with Crippen LogP contribution >= 0.6 is 27.7 Å². The monoisotopic (exact) mass is 434 g/mol. The van der Waals surface area contributed by atoms with Crippen LogP contribution in [0.3, 0.4) is 0 Å². The number of benzene rings is 2. The van der Waals surface area contributed by atoms with Crippen LogP contribution in [0.2, 0.25) is 0 Å². The van der Waals surface area contributed by atoms with Gasteiger partial charge in [-0.3, -0.25) is 4.79 Å². The van der Waals surface area contributed by atoms with Crippen molar-refractivity contribution < 1.29 is 13.9 Å². The van der Waals surface area contributed by atoms with E-state index in [4.69, 9.17) is 9.73 Å². The summed E-state index contributed by atoms with van der Waals surface area (Å²) in [7, 11) is 0. The molecule has 4 nitrogen and oxygen atoms in total. The maximum absolute atomic E-state index is 14.0. The smallest absolute Gasteiger partial charge is 0.257 e. The third kappa shape index (κ3) is 3.31. The Morgan fingerprint density at radius 2 is 2.12 bits per heavy atom. The number of amidine groups is 1. The van der Waals surface area contributed by atoms with Crippen LogP contribution in [0.1, 0.15) is 15.9 Å². The standard InChI is InChI=1S/C19H16BrFN2O2S/c20-15-6-13(7-16(21)8-15)19-11-25-9-14(19)10-26-18(23-19)22-17(24)12-4-2-1-3-5-12/h1-8,14H,9-11H2,(H,22,23,24)/t14-,19+/m0/s1. The van der Waals surface area contributed by atoms with Gasteiger partial charge in [0.1, 0.15) is 11.4 Å². The number of carbonyl (C=O) groups excluding carboxylic acids is 1. The summed E-state index contributed by atoms with van der Waals surface area (Å²) in [6.07, 6.45) is 0. The summed E-state index contributed by atoms with van der Waals surface area (Å²) in [6, 6.07) is 13.8. The fourth-order valence-electron chi connectivity index (χ4n) is 3.33. The molecule has 7 heteroatoms. The number of amides is 1. The third-order valence-electron chi connectivity index (χ3n) is 4.66. The Bertz CT molecular complexity index is 857. The van der Waals surface area contributed by atoms with Crippen LogP contribution in [0.15, 0.2) is 58.0 Å². The van der Waals surface area contributed by atoms with E-state index in [9.17, 15) is 9.18 Å². The molecule has 2 aliphatic rings. The van der Waals surface area contributed by atoms with Gasteiger partial charge >= 0.3 is 0 Å². The molecule has 4 rings (SSSR count). The maximum Gasteiger partial charge on any atom is 0.257 e. The highest BCUT2D eigenvalue weighted by Gasteiger charge is 2.48. The molecule has 0 unspecified atom stereocenters. The second-order valence-corrected chi connectivity index (χ2v) is 8.27. The van der Waals surface area contributed by atoms with E-state index in [1.54, 1.807) is 12.1 Å². The van der Waals surface area contributed by atoms with Gasteiger partial charge in [-0.1, -0.05) is 45.9 Å². The largest absolute Gasteiger partial charge is 0.378 e. The Balaban J connectivity index is 1.68. The third-order valence-corrected chi connectivity index (χ3v) is 6.15. The number of carbonyl (C=O) groups is 1. The molecule has 1 fully saturated rings. The van der Waals surface area contributed by atoms with Crippen LogP contribution in [0.5, 0.6) is 0 Å². The molecule has 2 heterocycles. The van der Waals surface area contributed by atoms with Crippen molar-refractivity contribution in [3.8, 4) is 0 Å². The minimum atomic E-state index is -0.671. The number of hydrogen-bond acceptors (Lipinski definition) is 4. The number of nitrogens with one attached hydrogen (secondary N) is 1. The number of halogens is 2. The van der Waals surface area contributed by atoms with E-state index in [0.29, 0.717) is 28.4 Å². The first kappa shape index (κ1) is 17.7. The zero-order chi connectivity index (χ0) is 18.1. The number of ether oxygens (including phenoxy) is 1. The van der Waals surface area contributed by atoms with Crippen LogP contribution in [0.25, 0.3) is 0 Å². The SMILES string of the molecule is O=C(NC1=N[C@@]2(c3cc(F)cc(Br)c3)COC[C@H]2CS1)c1ccccc1. The van der Waals surface area contributed by atoms with Gasteiger partial charge in [0, 0.05) is 21.7 Å². The number of rotatable bonds is 2. The first-order valence-corrected chi connectivity index (χ1v) is 9.98. The number of hydrogen-bond donors (Lipinski definition) is 1. The van der Waals surface area contributed by atoms with E-state index in [0.717, 1.165) is 11.3 Å². The molecule has 2 aromatic carbocycles. The Morgan fingerprint density at radius 1 is 1.31 bits per heavy atom. The first-order valence-electron chi connectivity index (χ1n) is 8.20. The van der Waals surface area contributed by atoms with Crippen molar-refractivity contribution in [3.63, 3.8) is 0 Å². The summed E-state index contributed by atoms with van der Waals surface area (Å²) in [4.78, 5) is 17.3. The van der Waals surface area contributed by atoms with Crippen LogP contribution in [0, 0.1) is 11.7 Å². The summed E-state index contributed by atoms with van der Waals surface area (Å²) in [5.74, 6) is 0.364. The molecule has 0 aliphatic carbocycles.